The molecule has 0 spiro atoms. The molecule has 0 aromatic heterocycles. The van der Waals surface area contributed by atoms with Crippen molar-refractivity contribution < 1.29 is 68.5 Å². The van der Waals surface area contributed by atoms with Crippen LogP contribution in [0, 0.1) is 5.92 Å². The minimum Gasteiger partial charge on any atom is -0.726 e. The van der Waals surface area contributed by atoms with Crippen molar-refractivity contribution in [2.45, 2.75) is 245 Å². The van der Waals surface area contributed by atoms with Gasteiger partial charge >= 0.3 is 51.4 Å². The summed E-state index contributed by atoms with van der Waals surface area (Å²) < 4.78 is 37.7. The maximum absolute atomic E-state index is 11.0. The van der Waals surface area contributed by atoms with E-state index in [0.29, 0.717) is 0 Å². The molecule has 0 bridgehead atoms. The van der Waals surface area contributed by atoms with Crippen LogP contribution in [0.5, 0.6) is 0 Å². The molecule has 0 aromatic rings. The first kappa shape index (κ1) is 51.4. The fourth-order valence-electron chi connectivity index (χ4n) is 6.81. The van der Waals surface area contributed by atoms with Gasteiger partial charge in [0.15, 0.2) is 0 Å². The summed E-state index contributed by atoms with van der Waals surface area (Å²) in [7, 11) is -4.63. The second-order valence-corrected chi connectivity index (χ2v) is 15.8. The van der Waals surface area contributed by atoms with Crippen LogP contribution in [0.15, 0.2) is 12.2 Å². The van der Waals surface area contributed by atoms with Crippen molar-refractivity contribution in [2.75, 3.05) is 6.61 Å². The summed E-state index contributed by atoms with van der Waals surface area (Å²) in [6, 6.07) is 0. The Morgan fingerprint density at radius 3 is 1.02 bits per heavy atom. The van der Waals surface area contributed by atoms with Crippen molar-refractivity contribution in [3.63, 3.8) is 0 Å². The van der Waals surface area contributed by atoms with Crippen molar-refractivity contribution >= 4 is 10.4 Å². The number of unbranched alkanes of at least 4 members (excludes halogenated alkanes) is 33. The van der Waals surface area contributed by atoms with Gasteiger partial charge in [0, 0.05) is 5.92 Å². The quantitative estimate of drug-likeness (QED) is 0.0208. The summed E-state index contributed by atoms with van der Waals surface area (Å²) in [6.45, 7) is 4.55. The average Bonchev–Trinajstić information content (AvgIpc) is 3.05. The number of allylic oxidation sites excluding steroid dienone is 1. The summed E-state index contributed by atoms with van der Waals surface area (Å²) in [5.41, 5.74) is 0. The molecule has 0 N–H and O–H groups in total. The third-order valence-corrected chi connectivity index (χ3v) is 10.4. The smallest absolute Gasteiger partial charge is 0.726 e. The number of hydrogen-bond donors (Lipinski definition) is 0. The maximum Gasteiger partial charge on any atom is 1.00 e. The average molecular weight is 723 g/mol. The van der Waals surface area contributed by atoms with Crippen LogP contribution in [0.3, 0.4) is 0 Å². The zero-order valence-electron chi connectivity index (χ0n) is 32.9. The largest absolute Gasteiger partial charge is 1.00 e. The Balaban J connectivity index is 0. The molecule has 6 heteroatoms. The molecule has 0 aliphatic carbocycles. The summed E-state index contributed by atoms with van der Waals surface area (Å²) in [5, 5.41) is 0. The molecule has 0 saturated carbocycles. The van der Waals surface area contributed by atoms with Crippen LogP contribution < -0.4 is 51.4 Å². The van der Waals surface area contributed by atoms with E-state index in [1.165, 1.54) is 212 Å². The number of hydrogen-bond acceptors (Lipinski definition) is 4. The minimum absolute atomic E-state index is 0. The molecular formula is C42H83KO4S. The van der Waals surface area contributed by atoms with E-state index in [0.717, 1.165) is 19.3 Å². The molecular weight excluding hydrogens is 640 g/mol. The van der Waals surface area contributed by atoms with Gasteiger partial charge in [-0.05, 0) is 19.3 Å². The first-order chi connectivity index (χ1) is 23.0. The van der Waals surface area contributed by atoms with Gasteiger partial charge in [-0.3, -0.25) is 4.18 Å². The second kappa shape index (κ2) is 42.7. The topological polar surface area (TPSA) is 66.4 Å². The molecule has 0 rings (SSSR count). The van der Waals surface area contributed by atoms with Crippen molar-refractivity contribution in [1.82, 2.24) is 0 Å². The van der Waals surface area contributed by atoms with E-state index >= 15 is 0 Å². The van der Waals surface area contributed by atoms with Crippen LogP contribution in [-0.2, 0) is 14.6 Å². The molecule has 0 saturated heterocycles. The molecule has 1 unspecified atom stereocenters. The Bertz CT molecular complexity index is 727. The van der Waals surface area contributed by atoms with E-state index in [2.05, 4.69) is 30.2 Å². The van der Waals surface area contributed by atoms with Gasteiger partial charge in [-0.15, -0.1) is 0 Å². The van der Waals surface area contributed by atoms with Gasteiger partial charge in [0.2, 0.25) is 10.4 Å². The Kier molecular flexibility index (Phi) is 45.6. The van der Waals surface area contributed by atoms with Crippen molar-refractivity contribution in [3.05, 3.63) is 12.2 Å². The zero-order valence-corrected chi connectivity index (χ0v) is 36.9. The summed E-state index contributed by atoms with van der Waals surface area (Å²) >= 11 is 0. The van der Waals surface area contributed by atoms with Gasteiger partial charge < -0.3 is 4.55 Å². The van der Waals surface area contributed by atoms with Crippen LogP contribution in [0.2, 0.25) is 0 Å². The molecule has 48 heavy (non-hydrogen) atoms. The van der Waals surface area contributed by atoms with Crippen LogP contribution in [-0.4, -0.2) is 19.6 Å². The first-order valence-electron chi connectivity index (χ1n) is 21.3. The molecule has 0 fully saturated rings. The maximum atomic E-state index is 11.0. The van der Waals surface area contributed by atoms with Gasteiger partial charge in [0.25, 0.3) is 0 Å². The normalized spacial score (nSPS) is 12.6. The van der Waals surface area contributed by atoms with E-state index in [9.17, 15) is 13.0 Å². The van der Waals surface area contributed by atoms with Crippen molar-refractivity contribution in [1.29, 1.82) is 0 Å². The van der Waals surface area contributed by atoms with Crippen LogP contribution in [0.25, 0.3) is 0 Å². The predicted molar refractivity (Wildman–Crippen MR) is 206 cm³/mol. The Hall–Kier alpha value is 1.25. The molecule has 0 aliphatic heterocycles. The van der Waals surface area contributed by atoms with Crippen molar-refractivity contribution in [3.8, 4) is 0 Å². The monoisotopic (exact) mass is 723 g/mol. The minimum atomic E-state index is -4.63. The van der Waals surface area contributed by atoms with E-state index in [4.69, 9.17) is 0 Å². The van der Waals surface area contributed by atoms with Crippen LogP contribution in [0.1, 0.15) is 245 Å². The third-order valence-electron chi connectivity index (χ3n) is 9.99. The van der Waals surface area contributed by atoms with E-state index < -0.39 is 10.4 Å². The molecule has 0 amide bonds. The molecule has 0 radical (unpaired) electrons. The van der Waals surface area contributed by atoms with Crippen LogP contribution >= 0.6 is 0 Å². The molecule has 0 heterocycles. The van der Waals surface area contributed by atoms with Crippen molar-refractivity contribution in [2.24, 2.45) is 5.92 Å². The first-order valence-corrected chi connectivity index (χ1v) is 22.6. The van der Waals surface area contributed by atoms with Crippen LogP contribution in [0.4, 0.5) is 0 Å². The molecule has 4 nitrogen and oxygen atoms in total. The third kappa shape index (κ3) is 45.3. The zero-order chi connectivity index (χ0) is 34.4. The van der Waals surface area contributed by atoms with Gasteiger partial charge in [0.05, 0.1) is 6.61 Å². The summed E-state index contributed by atoms with van der Waals surface area (Å²) in [5.74, 6) is 0.0147. The Morgan fingerprint density at radius 1 is 0.458 bits per heavy atom. The number of rotatable bonds is 40. The molecule has 282 valence electrons. The molecule has 1 atom stereocenters. The molecule has 0 aromatic carbocycles. The van der Waals surface area contributed by atoms with Gasteiger partial charge in [-0.1, -0.05) is 238 Å². The second-order valence-electron chi connectivity index (χ2n) is 14.8. The van der Waals surface area contributed by atoms with Gasteiger partial charge in [0.1, 0.15) is 0 Å². The summed E-state index contributed by atoms with van der Waals surface area (Å²) in [6.07, 6.45) is 52.6. The Labute approximate surface area is 345 Å². The SMILES string of the molecule is CCCCCCCCCCCCCCCCCCC/C=C/C(CCCCCCCCCCCCCCCCCCC)COS(=O)(=O)[O-].[K+]. The summed E-state index contributed by atoms with van der Waals surface area (Å²) in [4.78, 5) is 0. The molecule has 0 aliphatic rings. The fourth-order valence-corrected chi connectivity index (χ4v) is 7.15. The van der Waals surface area contributed by atoms with E-state index in [1.807, 2.05) is 0 Å². The predicted octanol–water partition coefficient (Wildman–Crippen LogP) is 11.7. The Morgan fingerprint density at radius 2 is 0.729 bits per heavy atom. The standard InChI is InChI=1S/C42H84O4S.K/c1-3-5-7-9-11-13-15-17-19-21-22-24-26-28-30-32-34-36-38-40-42(41-46-47(43,44)45)39-37-35-33-31-29-27-25-23-20-18-16-14-12-10-8-6-4-2;/h38,40,42H,3-37,39,41H2,1-2H3,(H,43,44,45);/q;+1/p-1/b40-38+;. The van der Waals surface area contributed by atoms with Gasteiger partial charge in [-0.25, -0.2) is 8.42 Å². The fraction of sp³-hybridized carbons (Fsp3) is 0.952. The van der Waals surface area contributed by atoms with E-state index in [-0.39, 0.29) is 63.9 Å². The van der Waals surface area contributed by atoms with E-state index in [1.54, 1.807) is 0 Å². The van der Waals surface area contributed by atoms with Gasteiger partial charge in [-0.2, -0.15) is 0 Å².